The number of ether oxygens (including phenoxy) is 1. The average Bonchev–Trinajstić information content (AvgIpc) is 3.14. The third-order valence-corrected chi connectivity index (χ3v) is 8.75. The van der Waals surface area contributed by atoms with Gasteiger partial charge in [0.05, 0.1) is 27.9 Å². The van der Waals surface area contributed by atoms with Gasteiger partial charge in [-0.3, -0.25) is 14.2 Å². The Bertz CT molecular complexity index is 1320. The molecule has 1 N–H and O–H groups in total. The van der Waals surface area contributed by atoms with Gasteiger partial charge in [-0.2, -0.15) is 4.31 Å². The van der Waals surface area contributed by atoms with E-state index in [1.807, 2.05) is 19.1 Å². The summed E-state index contributed by atoms with van der Waals surface area (Å²) in [7, 11) is -2.17. The first kappa shape index (κ1) is 23.5. The Morgan fingerprint density at radius 1 is 1.18 bits per heavy atom. The van der Waals surface area contributed by atoms with E-state index in [4.69, 9.17) is 4.74 Å². The number of aromatic nitrogens is 1. The normalized spacial score (nSPS) is 15.6. The number of aryl methyl sites for hydroxylation is 1. The molecule has 8 nitrogen and oxygen atoms in total. The molecule has 2 aromatic carbocycles. The second-order valence-electron chi connectivity index (χ2n) is 8.02. The molecule has 1 aliphatic heterocycles. The maximum Gasteiger partial charge on any atom is 0.308 e. The molecule has 33 heavy (non-hydrogen) atoms. The van der Waals surface area contributed by atoms with Gasteiger partial charge in [0.2, 0.25) is 15.9 Å². The summed E-state index contributed by atoms with van der Waals surface area (Å²) < 4.78 is 35.5. The molecule has 1 aromatic heterocycles. The number of nitrogens with one attached hydrogen (secondary N) is 1. The minimum absolute atomic E-state index is 0.0803. The average molecular weight is 490 g/mol. The number of piperidine rings is 1. The van der Waals surface area contributed by atoms with Crippen LogP contribution in [0.2, 0.25) is 0 Å². The molecule has 1 aliphatic rings. The highest BCUT2D eigenvalue weighted by molar-refractivity contribution is 7.89. The highest BCUT2D eigenvalue weighted by Gasteiger charge is 2.32. The van der Waals surface area contributed by atoms with Crippen molar-refractivity contribution >= 4 is 43.2 Å². The Balaban J connectivity index is 1.45. The third kappa shape index (κ3) is 4.68. The molecule has 0 bridgehead atoms. The first-order valence-corrected chi connectivity index (χ1v) is 13.2. The number of carbonyl (C=O) groups excluding carboxylic acids is 1. The van der Waals surface area contributed by atoms with Crippen molar-refractivity contribution in [2.45, 2.75) is 37.6 Å². The van der Waals surface area contributed by atoms with Gasteiger partial charge in [0.25, 0.3) is 0 Å². The zero-order chi connectivity index (χ0) is 23.6. The Morgan fingerprint density at radius 2 is 1.91 bits per heavy atom. The first-order chi connectivity index (χ1) is 15.8. The van der Waals surface area contributed by atoms with Crippen LogP contribution < -0.4 is 14.9 Å². The molecule has 1 amide bonds. The second kappa shape index (κ2) is 9.66. The number of methoxy groups -OCH3 is 1. The summed E-state index contributed by atoms with van der Waals surface area (Å²) in [4.78, 5) is 25.1. The minimum atomic E-state index is -3.71. The van der Waals surface area contributed by atoms with Gasteiger partial charge in [-0.15, -0.1) is 0 Å². The fourth-order valence-electron chi connectivity index (χ4n) is 4.13. The monoisotopic (exact) mass is 489 g/mol. The molecule has 4 rings (SSSR count). The summed E-state index contributed by atoms with van der Waals surface area (Å²) in [6, 6.07) is 12.1. The molecule has 2 heterocycles. The van der Waals surface area contributed by atoms with Crippen LogP contribution in [0.1, 0.15) is 26.2 Å². The molecule has 0 atom stereocenters. The summed E-state index contributed by atoms with van der Waals surface area (Å²) >= 11 is 1.07. The lowest BCUT2D eigenvalue weighted by Crippen LogP contribution is -2.41. The fourth-order valence-corrected chi connectivity index (χ4v) is 6.66. The van der Waals surface area contributed by atoms with E-state index in [0.29, 0.717) is 35.5 Å². The van der Waals surface area contributed by atoms with Gasteiger partial charge in [0, 0.05) is 25.6 Å². The van der Waals surface area contributed by atoms with Crippen LogP contribution in [-0.4, -0.2) is 43.4 Å². The van der Waals surface area contributed by atoms with E-state index in [1.54, 1.807) is 42.0 Å². The zero-order valence-electron chi connectivity index (χ0n) is 18.6. The van der Waals surface area contributed by atoms with Crippen LogP contribution in [0.3, 0.4) is 0 Å². The zero-order valence-corrected chi connectivity index (χ0v) is 20.2. The van der Waals surface area contributed by atoms with Crippen molar-refractivity contribution < 1.29 is 17.9 Å². The SMILES string of the molecule is CCCn1c(=O)sc2cc(S(=O)(=O)N3CCC(C(=O)Nc4ccccc4OC)CC3)ccc21. The van der Waals surface area contributed by atoms with Crippen molar-refractivity contribution in [3.8, 4) is 5.75 Å². The second-order valence-corrected chi connectivity index (χ2v) is 10.9. The van der Waals surface area contributed by atoms with Gasteiger partial charge in [-0.05, 0) is 49.6 Å². The van der Waals surface area contributed by atoms with Gasteiger partial charge >= 0.3 is 4.87 Å². The van der Waals surface area contributed by atoms with Gasteiger partial charge < -0.3 is 10.1 Å². The van der Waals surface area contributed by atoms with E-state index in [1.165, 1.54) is 4.31 Å². The number of sulfonamides is 1. The van der Waals surface area contributed by atoms with Crippen molar-refractivity contribution in [3.63, 3.8) is 0 Å². The van der Waals surface area contributed by atoms with E-state index < -0.39 is 10.0 Å². The summed E-state index contributed by atoms with van der Waals surface area (Å²) in [6.45, 7) is 3.12. The van der Waals surface area contributed by atoms with Crippen LogP contribution in [0, 0.1) is 5.92 Å². The summed E-state index contributed by atoms with van der Waals surface area (Å²) in [5, 5.41) is 2.89. The van der Waals surface area contributed by atoms with E-state index in [0.717, 1.165) is 23.3 Å². The predicted molar refractivity (Wildman–Crippen MR) is 129 cm³/mol. The molecular formula is C23H27N3O5S2. The molecule has 10 heteroatoms. The van der Waals surface area contributed by atoms with Gasteiger partial charge in [0.1, 0.15) is 5.75 Å². The van der Waals surface area contributed by atoms with E-state index in [-0.39, 0.29) is 34.7 Å². The molecule has 176 valence electrons. The Morgan fingerprint density at radius 3 is 2.61 bits per heavy atom. The molecule has 3 aromatic rings. The number of benzene rings is 2. The first-order valence-electron chi connectivity index (χ1n) is 10.9. The van der Waals surface area contributed by atoms with Crippen LogP contribution in [0.15, 0.2) is 52.2 Å². The molecule has 1 saturated heterocycles. The van der Waals surface area contributed by atoms with Crippen LogP contribution in [-0.2, 0) is 21.4 Å². The summed E-state index contributed by atoms with van der Waals surface area (Å²) in [6.07, 6.45) is 1.69. The number of rotatable bonds is 7. The Hall–Kier alpha value is -2.69. The lowest BCUT2D eigenvalue weighted by Gasteiger charge is -2.30. The van der Waals surface area contributed by atoms with Crippen LogP contribution >= 0.6 is 11.3 Å². The van der Waals surface area contributed by atoms with E-state index in [2.05, 4.69) is 5.32 Å². The minimum Gasteiger partial charge on any atom is -0.495 e. The third-order valence-electron chi connectivity index (χ3n) is 5.91. The van der Waals surface area contributed by atoms with E-state index in [9.17, 15) is 18.0 Å². The maximum atomic E-state index is 13.2. The largest absolute Gasteiger partial charge is 0.495 e. The number of amides is 1. The van der Waals surface area contributed by atoms with Crippen LogP contribution in [0.4, 0.5) is 5.69 Å². The predicted octanol–water partition coefficient (Wildman–Crippen LogP) is 3.52. The molecule has 0 aliphatic carbocycles. The molecule has 0 radical (unpaired) electrons. The van der Waals surface area contributed by atoms with Gasteiger partial charge in [-0.1, -0.05) is 30.4 Å². The fraction of sp³-hybridized carbons (Fsp3) is 0.391. The summed E-state index contributed by atoms with van der Waals surface area (Å²) in [5.74, 6) is 0.161. The van der Waals surface area contributed by atoms with Crippen molar-refractivity contribution in [2.24, 2.45) is 5.92 Å². The number of hydrogen-bond acceptors (Lipinski definition) is 6. The Labute approximate surface area is 196 Å². The lowest BCUT2D eigenvalue weighted by atomic mass is 9.97. The number of thiazole rings is 1. The molecular weight excluding hydrogens is 462 g/mol. The highest BCUT2D eigenvalue weighted by Crippen LogP contribution is 2.29. The highest BCUT2D eigenvalue weighted by atomic mass is 32.2. The lowest BCUT2D eigenvalue weighted by molar-refractivity contribution is -0.120. The number of anilines is 1. The number of carbonyl (C=O) groups is 1. The van der Waals surface area contributed by atoms with Crippen LogP contribution in [0.25, 0.3) is 10.2 Å². The maximum absolute atomic E-state index is 13.2. The topological polar surface area (TPSA) is 97.7 Å². The van der Waals surface area contributed by atoms with Gasteiger partial charge in [-0.25, -0.2) is 8.42 Å². The molecule has 0 spiro atoms. The number of nitrogens with zero attached hydrogens (tertiary/aromatic N) is 2. The van der Waals surface area contributed by atoms with Crippen molar-refractivity contribution in [1.29, 1.82) is 0 Å². The van der Waals surface area contributed by atoms with Crippen molar-refractivity contribution in [3.05, 3.63) is 52.1 Å². The number of hydrogen-bond donors (Lipinski definition) is 1. The standard InChI is InChI=1S/C23H27N3O5S2/c1-3-12-26-19-9-8-17(15-21(19)32-23(26)28)33(29,30)25-13-10-16(11-14-25)22(27)24-18-6-4-5-7-20(18)31-2/h4-9,15-16H,3,10-14H2,1-2H3,(H,24,27). The van der Waals surface area contributed by atoms with Crippen LogP contribution in [0.5, 0.6) is 5.75 Å². The molecule has 1 fully saturated rings. The Kier molecular flexibility index (Phi) is 6.87. The number of fused-ring (bicyclic) bond motifs is 1. The van der Waals surface area contributed by atoms with Gasteiger partial charge in [0.15, 0.2) is 0 Å². The van der Waals surface area contributed by atoms with Crippen molar-refractivity contribution in [2.75, 3.05) is 25.5 Å². The number of para-hydroxylation sites is 2. The quantitative estimate of drug-likeness (QED) is 0.548. The van der Waals surface area contributed by atoms with Crippen molar-refractivity contribution in [1.82, 2.24) is 8.87 Å². The molecule has 0 saturated carbocycles. The smallest absolute Gasteiger partial charge is 0.308 e. The molecule has 0 unspecified atom stereocenters. The summed E-state index contributed by atoms with van der Waals surface area (Å²) in [5.41, 5.74) is 1.36. The van der Waals surface area contributed by atoms with E-state index >= 15 is 0 Å².